The van der Waals surface area contributed by atoms with Crippen molar-refractivity contribution < 1.29 is 18.3 Å². The maximum atomic E-state index is 14.8. The van der Waals surface area contributed by atoms with Gasteiger partial charge >= 0.3 is 0 Å². The van der Waals surface area contributed by atoms with Gasteiger partial charge in [-0.3, -0.25) is 9.89 Å². The van der Waals surface area contributed by atoms with Crippen molar-refractivity contribution in [2.45, 2.75) is 0 Å². The fourth-order valence-electron chi connectivity index (χ4n) is 3.52. The number of nitrogens with one attached hydrogen (secondary N) is 4. The minimum atomic E-state index is -1.11. The number of carbonyl (C=O) groups excluding carboxylic acids is 1. The number of hydrogen-bond acceptors (Lipinski definition) is 5. The lowest BCUT2D eigenvalue weighted by atomic mass is 10.0. The topological polar surface area (TPSA) is 103 Å². The standard InChI is InChI=1S/C23H19F2N5O2/c1-27-18-10-16(24)20(21(25)15(18)11-26)23(31)28-12-7-8-17-14(9-12)22(30-29-17)13-5-3-4-6-19(13)32-2/h3-11,26-27H,1-2H3,(H,28,31)(H,29,30). The zero-order valence-electron chi connectivity index (χ0n) is 17.2. The van der Waals surface area contributed by atoms with Gasteiger partial charge in [-0.2, -0.15) is 5.10 Å². The fraction of sp³-hybridized carbons (Fsp3) is 0.0870. The number of methoxy groups -OCH3 is 1. The van der Waals surface area contributed by atoms with E-state index in [1.165, 1.54) is 7.05 Å². The first-order chi connectivity index (χ1) is 15.5. The van der Waals surface area contributed by atoms with Crippen LogP contribution in [-0.4, -0.2) is 36.5 Å². The van der Waals surface area contributed by atoms with Crippen molar-refractivity contribution in [1.82, 2.24) is 10.2 Å². The van der Waals surface area contributed by atoms with Gasteiger partial charge in [0.25, 0.3) is 5.91 Å². The lowest BCUT2D eigenvalue weighted by molar-refractivity contribution is 0.101. The second kappa shape index (κ2) is 8.46. The summed E-state index contributed by atoms with van der Waals surface area (Å²) in [5, 5.41) is 20.5. The maximum Gasteiger partial charge on any atom is 0.261 e. The summed E-state index contributed by atoms with van der Waals surface area (Å²) >= 11 is 0. The predicted molar refractivity (Wildman–Crippen MR) is 120 cm³/mol. The number of hydrogen-bond donors (Lipinski definition) is 4. The Kier molecular flexibility index (Phi) is 5.55. The Hall–Kier alpha value is -4.27. The Morgan fingerprint density at radius 1 is 1.19 bits per heavy atom. The number of rotatable bonds is 6. The maximum absolute atomic E-state index is 14.8. The van der Waals surface area contributed by atoms with Crippen LogP contribution in [0.15, 0.2) is 48.5 Å². The monoisotopic (exact) mass is 435 g/mol. The quantitative estimate of drug-likeness (QED) is 0.327. The molecule has 0 saturated carbocycles. The molecule has 0 aliphatic carbocycles. The Labute approximate surface area is 181 Å². The van der Waals surface area contributed by atoms with Crippen LogP contribution in [0.4, 0.5) is 20.2 Å². The summed E-state index contributed by atoms with van der Waals surface area (Å²) in [6.45, 7) is 0. The van der Waals surface area contributed by atoms with Crippen LogP contribution >= 0.6 is 0 Å². The average Bonchev–Trinajstić information content (AvgIpc) is 3.21. The fourth-order valence-corrected chi connectivity index (χ4v) is 3.52. The molecule has 0 atom stereocenters. The summed E-state index contributed by atoms with van der Waals surface area (Å²) in [5.41, 5.74) is 1.50. The number of aromatic nitrogens is 2. The van der Waals surface area contributed by atoms with Crippen molar-refractivity contribution in [2.24, 2.45) is 0 Å². The van der Waals surface area contributed by atoms with Gasteiger partial charge in [0.2, 0.25) is 0 Å². The first-order valence-corrected chi connectivity index (χ1v) is 9.61. The van der Waals surface area contributed by atoms with E-state index in [4.69, 9.17) is 10.1 Å². The second-order valence-electron chi connectivity index (χ2n) is 6.89. The van der Waals surface area contributed by atoms with Gasteiger partial charge in [0.15, 0.2) is 0 Å². The molecule has 4 rings (SSSR count). The first kappa shape index (κ1) is 21.0. The molecule has 7 nitrogen and oxygen atoms in total. The minimum Gasteiger partial charge on any atom is -0.496 e. The molecule has 1 heterocycles. The molecule has 32 heavy (non-hydrogen) atoms. The summed E-state index contributed by atoms with van der Waals surface area (Å²) in [7, 11) is 3.03. The Bertz CT molecular complexity index is 1350. The number of amides is 1. The highest BCUT2D eigenvalue weighted by molar-refractivity contribution is 6.07. The van der Waals surface area contributed by atoms with Crippen LogP contribution in [0.1, 0.15) is 15.9 Å². The number of para-hydroxylation sites is 1. The molecular weight excluding hydrogens is 416 g/mol. The number of benzene rings is 3. The predicted octanol–water partition coefficient (Wildman–Crippen LogP) is 4.81. The van der Waals surface area contributed by atoms with Crippen molar-refractivity contribution in [3.8, 4) is 17.0 Å². The van der Waals surface area contributed by atoms with Gasteiger partial charge in [0, 0.05) is 35.6 Å². The number of nitrogens with zero attached hydrogens (tertiary/aromatic N) is 1. The minimum absolute atomic E-state index is 0.0767. The highest BCUT2D eigenvalue weighted by Crippen LogP contribution is 2.34. The van der Waals surface area contributed by atoms with Crippen molar-refractivity contribution in [1.29, 1.82) is 5.41 Å². The third kappa shape index (κ3) is 3.53. The van der Waals surface area contributed by atoms with Crippen molar-refractivity contribution in [2.75, 3.05) is 24.8 Å². The third-order valence-electron chi connectivity index (χ3n) is 5.08. The van der Waals surface area contributed by atoms with Crippen LogP contribution in [-0.2, 0) is 0 Å². The van der Waals surface area contributed by atoms with Crippen molar-refractivity contribution in [3.63, 3.8) is 0 Å². The molecule has 3 aromatic carbocycles. The number of carbonyl (C=O) groups is 1. The van der Waals surface area contributed by atoms with Gasteiger partial charge in [0.05, 0.1) is 18.2 Å². The van der Waals surface area contributed by atoms with E-state index < -0.39 is 23.1 Å². The summed E-state index contributed by atoms with van der Waals surface area (Å²) in [4.78, 5) is 12.7. The summed E-state index contributed by atoms with van der Waals surface area (Å²) in [6, 6.07) is 13.3. The van der Waals surface area contributed by atoms with Crippen LogP contribution in [0.3, 0.4) is 0 Å². The average molecular weight is 435 g/mol. The molecule has 0 unspecified atom stereocenters. The van der Waals surface area contributed by atoms with Crippen LogP contribution in [0.2, 0.25) is 0 Å². The van der Waals surface area contributed by atoms with Crippen LogP contribution in [0.25, 0.3) is 22.2 Å². The zero-order valence-corrected chi connectivity index (χ0v) is 17.2. The molecular formula is C23H19F2N5O2. The number of fused-ring (bicyclic) bond motifs is 1. The first-order valence-electron chi connectivity index (χ1n) is 9.61. The number of anilines is 2. The van der Waals surface area contributed by atoms with Gasteiger partial charge in [-0.15, -0.1) is 0 Å². The summed E-state index contributed by atoms with van der Waals surface area (Å²) in [5.74, 6) is -2.48. The molecule has 0 saturated heterocycles. The van der Waals surface area contributed by atoms with E-state index in [0.29, 0.717) is 28.0 Å². The van der Waals surface area contributed by atoms with E-state index in [-0.39, 0.29) is 11.3 Å². The molecule has 1 aromatic heterocycles. The van der Waals surface area contributed by atoms with Crippen LogP contribution < -0.4 is 15.4 Å². The zero-order chi connectivity index (χ0) is 22.8. The molecule has 9 heteroatoms. The lowest BCUT2D eigenvalue weighted by Crippen LogP contribution is -2.18. The Balaban J connectivity index is 1.73. The van der Waals surface area contributed by atoms with Crippen LogP contribution in [0.5, 0.6) is 5.75 Å². The largest absolute Gasteiger partial charge is 0.496 e. The normalized spacial score (nSPS) is 10.8. The van der Waals surface area contributed by atoms with E-state index in [2.05, 4.69) is 20.8 Å². The van der Waals surface area contributed by atoms with Gasteiger partial charge in [-0.05, 0) is 36.4 Å². The number of aromatic amines is 1. The number of ether oxygens (including phenoxy) is 1. The summed E-state index contributed by atoms with van der Waals surface area (Å²) < 4.78 is 34.7. The van der Waals surface area contributed by atoms with E-state index >= 15 is 0 Å². The molecule has 162 valence electrons. The molecule has 4 aromatic rings. The smallest absolute Gasteiger partial charge is 0.261 e. The summed E-state index contributed by atoms with van der Waals surface area (Å²) in [6.07, 6.45) is 0.731. The Morgan fingerprint density at radius 2 is 1.97 bits per heavy atom. The molecule has 1 amide bonds. The molecule has 0 fully saturated rings. The van der Waals surface area contributed by atoms with Gasteiger partial charge in [-0.25, -0.2) is 8.78 Å². The van der Waals surface area contributed by atoms with E-state index in [0.717, 1.165) is 17.8 Å². The van der Waals surface area contributed by atoms with Crippen LogP contribution in [0, 0.1) is 17.0 Å². The third-order valence-corrected chi connectivity index (χ3v) is 5.08. The molecule has 0 spiro atoms. The van der Waals surface area contributed by atoms with Gasteiger partial charge in [0.1, 0.15) is 28.6 Å². The highest BCUT2D eigenvalue weighted by Gasteiger charge is 2.23. The lowest BCUT2D eigenvalue weighted by Gasteiger charge is -2.12. The SMILES string of the molecule is CNc1cc(F)c(C(=O)Nc2ccc3[nH]nc(-c4ccccc4OC)c3c2)c(F)c1C=N. The van der Waals surface area contributed by atoms with Crippen molar-refractivity contribution in [3.05, 3.63) is 71.3 Å². The highest BCUT2D eigenvalue weighted by atomic mass is 19.1. The molecule has 0 bridgehead atoms. The molecule has 0 aliphatic rings. The number of H-pyrrole nitrogens is 1. The molecule has 0 radical (unpaired) electrons. The Morgan fingerprint density at radius 3 is 2.69 bits per heavy atom. The van der Waals surface area contributed by atoms with Gasteiger partial charge < -0.3 is 20.8 Å². The number of halogens is 2. The molecule has 0 aliphatic heterocycles. The second-order valence-corrected chi connectivity index (χ2v) is 6.89. The van der Waals surface area contributed by atoms with E-state index in [1.807, 2.05) is 24.3 Å². The van der Waals surface area contributed by atoms with E-state index in [9.17, 15) is 13.6 Å². The van der Waals surface area contributed by atoms with Gasteiger partial charge in [-0.1, -0.05) is 12.1 Å². The van der Waals surface area contributed by atoms with Crippen molar-refractivity contribution >= 4 is 34.4 Å². The molecule has 4 N–H and O–H groups in total. The van der Waals surface area contributed by atoms with E-state index in [1.54, 1.807) is 25.3 Å².